The number of rotatable bonds is 9. The van der Waals surface area contributed by atoms with E-state index >= 15 is 0 Å². The third-order valence-corrected chi connectivity index (χ3v) is 7.73. The van der Waals surface area contributed by atoms with Crippen molar-refractivity contribution in [1.29, 1.82) is 0 Å². The molecule has 9 nitrogen and oxygen atoms in total. The Bertz CT molecular complexity index is 1430. The van der Waals surface area contributed by atoms with Crippen molar-refractivity contribution >= 4 is 52.0 Å². The summed E-state index contributed by atoms with van der Waals surface area (Å²) in [5, 5.41) is 13.6. The molecule has 1 N–H and O–H groups in total. The van der Waals surface area contributed by atoms with Gasteiger partial charge in [-0.2, -0.15) is 0 Å². The third-order valence-electron chi connectivity index (χ3n) is 6.24. The van der Waals surface area contributed by atoms with Gasteiger partial charge >= 0.3 is 0 Å². The first kappa shape index (κ1) is 28.4. The van der Waals surface area contributed by atoms with Gasteiger partial charge in [-0.15, -0.1) is 11.3 Å². The number of hydrogen-bond acceptors (Lipinski definition) is 9. The van der Waals surface area contributed by atoms with Crippen molar-refractivity contribution in [2.75, 3.05) is 35.5 Å². The topological polar surface area (TPSA) is 104 Å². The van der Waals surface area contributed by atoms with E-state index in [1.54, 1.807) is 12.1 Å². The summed E-state index contributed by atoms with van der Waals surface area (Å²) in [5.41, 5.74) is 0.257. The van der Waals surface area contributed by atoms with Crippen molar-refractivity contribution in [3.63, 3.8) is 0 Å². The van der Waals surface area contributed by atoms with Crippen molar-refractivity contribution in [2.24, 2.45) is 0 Å². The highest BCUT2D eigenvalue weighted by atomic mass is 35.5. The number of methoxy groups -OCH3 is 5. The number of aliphatic hydroxyl groups is 1. The standard InChI is InChI=1S/C27H25Cl2NO8S/c1-34-17-9-13(10-18(35-2)26(17)38-5)21-19(23(32)27(33)30(21)12-14-7-6-8-39-14)22(31)15-11-16(28)25(37-4)20(29)24(15)36-3/h6-11,21,31H,12H2,1-5H3/b22-19+. The second-order valence-electron chi connectivity index (χ2n) is 8.25. The van der Waals surface area contributed by atoms with Crippen LogP contribution in [0.25, 0.3) is 5.76 Å². The Balaban J connectivity index is 2.02. The molecular weight excluding hydrogens is 569 g/mol. The number of benzene rings is 2. The maximum absolute atomic E-state index is 13.5. The average Bonchev–Trinajstić information content (AvgIpc) is 3.54. The summed E-state index contributed by atoms with van der Waals surface area (Å²) < 4.78 is 27.1. The van der Waals surface area contributed by atoms with Gasteiger partial charge in [-0.1, -0.05) is 29.3 Å². The molecule has 0 spiro atoms. The molecule has 3 aromatic rings. The van der Waals surface area contributed by atoms with Gasteiger partial charge in [-0.05, 0) is 35.2 Å². The predicted molar refractivity (Wildman–Crippen MR) is 148 cm³/mol. The van der Waals surface area contributed by atoms with Crippen molar-refractivity contribution in [1.82, 2.24) is 4.90 Å². The van der Waals surface area contributed by atoms with Gasteiger partial charge in [0, 0.05) is 4.88 Å². The molecule has 1 unspecified atom stereocenters. The zero-order chi connectivity index (χ0) is 28.4. The summed E-state index contributed by atoms with van der Waals surface area (Å²) in [6.07, 6.45) is 0. The number of amides is 1. The summed E-state index contributed by atoms with van der Waals surface area (Å²) in [6, 6.07) is 7.26. The molecule has 39 heavy (non-hydrogen) atoms. The first-order chi connectivity index (χ1) is 18.7. The largest absolute Gasteiger partial charge is 0.507 e. The van der Waals surface area contributed by atoms with E-state index in [0.29, 0.717) is 22.8 Å². The van der Waals surface area contributed by atoms with Crippen molar-refractivity contribution in [2.45, 2.75) is 12.6 Å². The summed E-state index contributed by atoms with van der Waals surface area (Å²) in [7, 11) is 7.10. The SMILES string of the molecule is COc1cc(C2/C(=C(\O)c3cc(Cl)c(OC)c(Cl)c3OC)C(=O)C(=O)N2Cc2cccs2)cc(OC)c1OC. The molecule has 206 valence electrons. The van der Waals surface area contributed by atoms with Crippen LogP contribution < -0.4 is 23.7 Å². The highest BCUT2D eigenvalue weighted by molar-refractivity contribution is 7.09. The normalized spacial score (nSPS) is 16.4. The molecule has 4 rings (SSSR count). The number of halogens is 2. The number of likely N-dealkylation sites (tertiary alicyclic amines) is 1. The fraction of sp³-hybridized carbons (Fsp3) is 0.259. The van der Waals surface area contributed by atoms with Gasteiger partial charge in [0.25, 0.3) is 11.7 Å². The minimum atomic E-state index is -1.04. The molecular formula is C27H25Cl2NO8S. The van der Waals surface area contributed by atoms with Crippen molar-refractivity contribution < 1.29 is 38.4 Å². The highest BCUT2D eigenvalue weighted by Gasteiger charge is 2.47. The number of aliphatic hydroxyl groups excluding tert-OH is 1. The van der Waals surface area contributed by atoms with Gasteiger partial charge in [0.05, 0.1) is 64.3 Å². The second kappa shape index (κ2) is 11.6. The van der Waals surface area contributed by atoms with Crippen LogP contribution in [0.4, 0.5) is 0 Å². The van der Waals surface area contributed by atoms with Crippen molar-refractivity contribution in [3.05, 3.63) is 67.3 Å². The van der Waals surface area contributed by atoms with Gasteiger partial charge in [-0.25, -0.2) is 0 Å². The van der Waals surface area contributed by atoms with E-state index in [9.17, 15) is 14.7 Å². The quantitative estimate of drug-likeness (QED) is 0.191. The van der Waals surface area contributed by atoms with E-state index in [-0.39, 0.29) is 39.2 Å². The maximum Gasteiger partial charge on any atom is 0.295 e. The number of Topliss-reactive ketones (excluding diaryl/α,β-unsaturated/α-hetero) is 1. The van der Waals surface area contributed by atoms with Gasteiger partial charge in [0.2, 0.25) is 5.75 Å². The lowest BCUT2D eigenvalue weighted by Crippen LogP contribution is -2.29. The second-order valence-corrected chi connectivity index (χ2v) is 10.1. The van der Waals surface area contributed by atoms with E-state index in [1.165, 1.54) is 57.9 Å². The van der Waals surface area contributed by atoms with E-state index < -0.39 is 23.5 Å². The molecule has 1 saturated heterocycles. The molecule has 0 radical (unpaired) electrons. The van der Waals surface area contributed by atoms with Crippen LogP contribution in [-0.2, 0) is 16.1 Å². The molecule has 12 heteroatoms. The predicted octanol–water partition coefficient (Wildman–Crippen LogP) is 5.72. The Kier molecular flexibility index (Phi) is 8.48. The van der Waals surface area contributed by atoms with E-state index in [2.05, 4.69) is 0 Å². The number of ketones is 1. The van der Waals surface area contributed by atoms with Gasteiger partial charge in [0.1, 0.15) is 10.8 Å². The Morgan fingerprint density at radius 2 is 1.54 bits per heavy atom. The molecule has 1 amide bonds. The number of carbonyl (C=O) groups excluding carboxylic acids is 2. The smallest absolute Gasteiger partial charge is 0.295 e. The highest BCUT2D eigenvalue weighted by Crippen LogP contribution is 2.49. The van der Waals surface area contributed by atoms with Gasteiger partial charge < -0.3 is 33.7 Å². The lowest BCUT2D eigenvalue weighted by Gasteiger charge is -2.26. The summed E-state index contributed by atoms with van der Waals surface area (Å²) in [5.74, 6) is -1.13. The Hall–Kier alpha value is -3.60. The molecule has 1 atom stereocenters. The van der Waals surface area contributed by atoms with Crippen LogP contribution in [0.15, 0.2) is 41.3 Å². The van der Waals surface area contributed by atoms with Gasteiger partial charge in [-0.3, -0.25) is 9.59 Å². The lowest BCUT2D eigenvalue weighted by atomic mass is 9.94. The Labute approximate surface area is 239 Å². The zero-order valence-corrected chi connectivity index (χ0v) is 24.0. The molecule has 0 bridgehead atoms. The van der Waals surface area contributed by atoms with Gasteiger partial charge in [0.15, 0.2) is 23.0 Å². The molecule has 1 aliphatic rings. The number of carbonyl (C=O) groups is 2. The van der Waals surface area contributed by atoms with Crippen molar-refractivity contribution in [3.8, 4) is 28.7 Å². The fourth-order valence-electron chi connectivity index (χ4n) is 4.51. The summed E-state index contributed by atoms with van der Waals surface area (Å²) in [4.78, 5) is 29.2. The van der Waals surface area contributed by atoms with Crippen LogP contribution in [-0.4, -0.2) is 57.2 Å². The average molecular weight is 594 g/mol. The summed E-state index contributed by atoms with van der Waals surface area (Å²) in [6.45, 7) is 0.113. The van der Waals surface area contributed by atoms with E-state index in [1.807, 2.05) is 17.5 Å². The van der Waals surface area contributed by atoms with Crippen LogP contribution in [0.3, 0.4) is 0 Å². The number of thiophene rings is 1. The number of ether oxygens (including phenoxy) is 5. The van der Waals surface area contributed by atoms with Crippen LogP contribution >= 0.6 is 34.5 Å². The van der Waals surface area contributed by atoms with Crippen LogP contribution in [0.1, 0.15) is 22.0 Å². The zero-order valence-electron chi connectivity index (χ0n) is 21.7. The molecule has 2 aromatic carbocycles. The minimum Gasteiger partial charge on any atom is -0.507 e. The molecule has 0 aliphatic carbocycles. The first-order valence-corrected chi connectivity index (χ1v) is 13.1. The molecule has 1 aliphatic heterocycles. The third kappa shape index (κ3) is 4.95. The van der Waals surface area contributed by atoms with Crippen LogP contribution in [0.2, 0.25) is 10.0 Å². The lowest BCUT2D eigenvalue weighted by molar-refractivity contribution is -0.140. The van der Waals surface area contributed by atoms with E-state index in [4.69, 9.17) is 46.9 Å². The molecule has 0 saturated carbocycles. The summed E-state index contributed by atoms with van der Waals surface area (Å²) >= 11 is 14.2. The Morgan fingerprint density at radius 1 is 0.923 bits per heavy atom. The molecule has 2 heterocycles. The Morgan fingerprint density at radius 3 is 2.05 bits per heavy atom. The van der Waals surface area contributed by atoms with Crippen LogP contribution in [0, 0.1) is 0 Å². The number of nitrogens with zero attached hydrogens (tertiary/aromatic N) is 1. The fourth-order valence-corrected chi connectivity index (χ4v) is 5.90. The molecule has 1 fully saturated rings. The first-order valence-electron chi connectivity index (χ1n) is 11.4. The number of hydrogen-bond donors (Lipinski definition) is 1. The van der Waals surface area contributed by atoms with Crippen LogP contribution in [0.5, 0.6) is 28.7 Å². The van der Waals surface area contributed by atoms with E-state index in [0.717, 1.165) is 4.88 Å². The monoisotopic (exact) mass is 593 g/mol. The minimum absolute atomic E-state index is 0.00815. The molecule has 1 aromatic heterocycles. The maximum atomic E-state index is 13.5.